The Balaban J connectivity index is 1.69. The van der Waals surface area contributed by atoms with Gasteiger partial charge in [0.15, 0.2) is 5.76 Å². The molecular formula is C18H15N3O5. The number of carbonyl (C=O) groups excluding carboxylic acids is 1. The third kappa shape index (κ3) is 3.69. The minimum absolute atomic E-state index is 0.0856. The Hall–Kier alpha value is -3.68. The molecule has 0 spiro atoms. The highest BCUT2D eigenvalue weighted by molar-refractivity contribution is 5.91. The molecule has 0 aliphatic rings. The van der Waals surface area contributed by atoms with Gasteiger partial charge in [0.2, 0.25) is 0 Å². The van der Waals surface area contributed by atoms with E-state index in [-0.39, 0.29) is 17.9 Å². The standard InChI is InChI=1S/C18H15N3O5/c1-19-15-8-7-13(9-16(15)21(23)24)18(22)25-11-14-10-17(26-20-14)12-5-3-2-4-6-12/h2-10,19H,11H2,1H3. The van der Waals surface area contributed by atoms with Crippen molar-refractivity contribution >= 4 is 17.3 Å². The fraction of sp³-hybridized carbons (Fsp3) is 0.111. The third-order valence-corrected chi connectivity index (χ3v) is 3.67. The predicted octanol–water partition coefficient (Wildman–Crippen LogP) is 3.65. The molecule has 1 heterocycles. The SMILES string of the molecule is CNc1ccc(C(=O)OCc2cc(-c3ccccc3)on2)cc1[N+](=O)[O-]. The second-order valence-corrected chi connectivity index (χ2v) is 5.36. The lowest BCUT2D eigenvalue weighted by molar-refractivity contribution is -0.384. The van der Waals surface area contributed by atoms with E-state index in [0.29, 0.717) is 17.1 Å². The highest BCUT2D eigenvalue weighted by atomic mass is 16.6. The second-order valence-electron chi connectivity index (χ2n) is 5.36. The number of nitrogens with one attached hydrogen (secondary N) is 1. The first-order valence-electron chi connectivity index (χ1n) is 7.73. The number of carbonyl (C=O) groups is 1. The van der Waals surface area contributed by atoms with Crippen LogP contribution in [0.1, 0.15) is 16.1 Å². The van der Waals surface area contributed by atoms with Crippen LogP contribution in [0.15, 0.2) is 59.1 Å². The molecule has 8 heteroatoms. The Morgan fingerprint density at radius 1 is 1.23 bits per heavy atom. The molecule has 26 heavy (non-hydrogen) atoms. The van der Waals surface area contributed by atoms with Gasteiger partial charge in [-0.05, 0) is 12.1 Å². The van der Waals surface area contributed by atoms with E-state index >= 15 is 0 Å². The molecule has 0 fully saturated rings. The van der Waals surface area contributed by atoms with E-state index in [1.807, 2.05) is 30.3 Å². The van der Waals surface area contributed by atoms with Gasteiger partial charge < -0.3 is 14.6 Å². The lowest BCUT2D eigenvalue weighted by atomic mass is 10.1. The molecule has 132 valence electrons. The Morgan fingerprint density at radius 2 is 2.00 bits per heavy atom. The number of nitro groups is 1. The number of aromatic nitrogens is 1. The molecule has 0 saturated heterocycles. The number of esters is 1. The molecule has 0 unspecified atom stereocenters. The summed E-state index contributed by atoms with van der Waals surface area (Å²) in [6.07, 6.45) is 0. The number of nitro benzene ring substituents is 1. The van der Waals surface area contributed by atoms with Crippen molar-refractivity contribution in [3.05, 3.63) is 76.0 Å². The van der Waals surface area contributed by atoms with E-state index in [0.717, 1.165) is 5.56 Å². The van der Waals surface area contributed by atoms with E-state index in [4.69, 9.17) is 9.26 Å². The minimum Gasteiger partial charge on any atom is -0.455 e. The molecule has 1 N–H and O–H groups in total. The highest BCUT2D eigenvalue weighted by Crippen LogP contribution is 2.25. The summed E-state index contributed by atoms with van der Waals surface area (Å²) in [5.74, 6) is -0.120. The number of hydrogen-bond acceptors (Lipinski definition) is 7. The summed E-state index contributed by atoms with van der Waals surface area (Å²) in [6, 6.07) is 15.1. The first kappa shape index (κ1) is 17.2. The first-order chi connectivity index (χ1) is 12.6. The van der Waals surface area contributed by atoms with Crippen LogP contribution in [-0.2, 0) is 11.3 Å². The maximum Gasteiger partial charge on any atom is 0.338 e. The molecule has 3 aromatic rings. The molecule has 0 saturated carbocycles. The van der Waals surface area contributed by atoms with Gasteiger partial charge in [-0.15, -0.1) is 0 Å². The van der Waals surface area contributed by atoms with Crippen LogP contribution in [0.2, 0.25) is 0 Å². The third-order valence-electron chi connectivity index (χ3n) is 3.67. The Morgan fingerprint density at radius 3 is 2.69 bits per heavy atom. The van der Waals surface area contributed by atoms with Crippen molar-refractivity contribution in [2.45, 2.75) is 6.61 Å². The number of rotatable bonds is 6. The molecule has 2 aromatic carbocycles. The highest BCUT2D eigenvalue weighted by Gasteiger charge is 2.18. The maximum absolute atomic E-state index is 12.1. The van der Waals surface area contributed by atoms with E-state index in [9.17, 15) is 14.9 Å². The zero-order chi connectivity index (χ0) is 18.5. The molecule has 0 atom stereocenters. The summed E-state index contributed by atoms with van der Waals surface area (Å²) in [4.78, 5) is 22.6. The zero-order valence-corrected chi connectivity index (χ0v) is 13.8. The molecule has 1 aromatic heterocycles. The summed E-state index contributed by atoms with van der Waals surface area (Å²) in [5.41, 5.74) is 1.50. The van der Waals surface area contributed by atoms with Crippen LogP contribution >= 0.6 is 0 Å². The van der Waals surface area contributed by atoms with E-state index < -0.39 is 10.9 Å². The van der Waals surface area contributed by atoms with Gasteiger partial charge in [-0.2, -0.15) is 0 Å². The summed E-state index contributed by atoms with van der Waals surface area (Å²) >= 11 is 0. The minimum atomic E-state index is -0.681. The Bertz CT molecular complexity index is 937. The lowest BCUT2D eigenvalue weighted by Crippen LogP contribution is -2.07. The van der Waals surface area contributed by atoms with Crippen molar-refractivity contribution < 1.29 is 19.0 Å². The van der Waals surface area contributed by atoms with Crippen LogP contribution in [0.5, 0.6) is 0 Å². The number of benzene rings is 2. The van der Waals surface area contributed by atoms with Crippen molar-refractivity contribution in [3.8, 4) is 11.3 Å². The van der Waals surface area contributed by atoms with Crippen molar-refractivity contribution in [2.24, 2.45) is 0 Å². The fourth-order valence-electron chi connectivity index (χ4n) is 2.36. The normalized spacial score (nSPS) is 10.3. The molecule has 0 aliphatic heterocycles. The van der Waals surface area contributed by atoms with Gasteiger partial charge in [0.05, 0.1) is 10.5 Å². The molecule has 0 amide bonds. The van der Waals surface area contributed by atoms with E-state index in [2.05, 4.69) is 10.5 Å². The van der Waals surface area contributed by atoms with Gasteiger partial charge in [0.1, 0.15) is 18.0 Å². The average Bonchev–Trinajstić information content (AvgIpc) is 3.15. The summed E-state index contributed by atoms with van der Waals surface area (Å²) in [7, 11) is 1.56. The number of anilines is 1. The largest absolute Gasteiger partial charge is 0.455 e. The van der Waals surface area contributed by atoms with Gasteiger partial charge in [-0.3, -0.25) is 10.1 Å². The summed E-state index contributed by atoms with van der Waals surface area (Å²) in [5, 5.41) is 17.6. The van der Waals surface area contributed by atoms with Crippen LogP contribution < -0.4 is 5.32 Å². The number of ether oxygens (including phenoxy) is 1. The van der Waals surface area contributed by atoms with Gasteiger partial charge in [0.25, 0.3) is 5.69 Å². The zero-order valence-electron chi connectivity index (χ0n) is 13.8. The van der Waals surface area contributed by atoms with Crippen molar-refractivity contribution in [1.29, 1.82) is 0 Å². The predicted molar refractivity (Wildman–Crippen MR) is 93.7 cm³/mol. The van der Waals surface area contributed by atoms with Crippen molar-refractivity contribution in [2.75, 3.05) is 12.4 Å². The van der Waals surface area contributed by atoms with Crippen LogP contribution in [-0.4, -0.2) is 23.1 Å². The van der Waals surface area contributed by atoms with Gasteiger partial charge in [0, 0.05) is 24.7 Å². The number of nitrogens with zero attached hydrogens (tertiary/aromatic N) is 2. The molecule has 3 rings (SSSR count). The second kappa shape index (κ2) is 7.47. The Kier molecular flexibility index (Phi) is 4.93. The monoisotopic (exact) mass is 353 g/mol. The van der Waals surface area contributed by atoms with Crippen LogP contribution in [0.3, 0.4) is 0 Å². The molecule has 0 radical (unpaired) electrons. The van der Waals surface area contributed by atoms with Crippen LogP contribution in [0.4, 0.5) is 11.4 Å². The van der Waals surface area contributed by atoms with E-state index in [1.165, 1.54) is 18.2 Å². The molecule has 0 aliphatic carbocycles. The molecular weight excluding hydrogens is 338 g/mol. The van der Waals surface area contributed by atoms with E-state index in [1.54, 1.807) is 13.1 Å². The maximum atomic E-state index is 12.1. The van der Waals surface area contributed by atoms with Crippen molar-refractivity contribution in [3.63, 3.8) is 0 Å². The van der Waals surface area contributed by atoms with Crippen LogP contribution in [0.25, 0.3) is 11.3 Å². The summed E-state index contributed by atoms with van der Waals surface area (Å²) < 4.78 is 10.4. The van der Waals surface area contributed by atoms with Gasteiger partial charge in [-0.1, -0.05) is 35.5 Å². The molecule has 0 bridgehead atoms. The summed E-state index contributed by atoms with van der Waals surface area (Å²) in [6.45, 7) is -0.100. The van der Waals surface area contributed by atoms with Crippen LogP contribution in [0, 0.1) is 10.1 Å². The Labute approximate surface area is 148 Å². The molecule has 8 nitrogen and oxygen atoms in total. The van der Waals surface area contributed by atoms with Crippen molar-refractivity contribution in [1.82, 2.24) is 5.16 Å². The number of hydrogen-bond donors (Lipinski definition) is 1. The van der Waals surface area contributed by atoms with Gasteiger partial charge >= 0.3 is 5.97 Å². The lowest BCUT2D eigenvalue weighted by Gasteiger charge is -2.05. The first-order valence-corrected chi connectivity index (χ1v) is 7.73. The van der Waals surface area contributed by atoms with Gasteiger partial charge in [-0.25, -0.2) is 4.79 Å². The smallest absolute Gasteiger partial charge is 0.338 e. The quantitative estimate of drug-likeness (QED) is 0.409. The fourth-order valence-corrected chi connectivity index (χ4v) is 2.36. The topological polar surface area (TPSA) is 108 Å². The average molecular weight is 353 g/mol.